The number of nitrogens with two attached hydrogens (primary N) is 1. The monoisotopic (exact) mass is 316 g/mol. The van der Waals surface area contributed by atoms with Crippen LogP contribution in [-0.2, 0) is 6.42 Å². The van der Waals surface area contributed by atoms with Gasteiger partial charge in [-0.2, -0.15) is 0 Å². The van der Waals surface area contributed by atoms with Crippen LogP contribution in [0.4, 0.5) is 0 Å². The minimum atomic E-state index is -0.157. The van der Waals surface area contributed by atoms with E-state index < -0.39 is 0 Å². The van der Waals surface area contributed by atoms with Crippen molar-refractivity contribution < 1.29 is 0 Å². The summed E-state index contributed by atoms with van der Waals surface area (Å²) in [6.07, 6.45) is 2.48. The number of aromatic amines is 1. The molecule has 3 N–H and O–H groups in total. The van der Waals surface area contributed by atoms with E-state index in [9.17, 15) is 0 Å². The Morgan fingerprint density at radius 1 is 1.26 bits per heavy atom. The Hall–Kier alpha value is -1.72. The highest BCUT2D eigenvalue weighted by molar-refractivity contribution is 9.10. The fourth-order valence-electron chi connectivity index (χ4n) is 2.03. The molecule has 3 aromatic rings. The van der Waals surface area contributed by atoms with E-state index in [0.29, 0.717) is 5.65 Å². The Balaban J connectivity index is 1.87. The molecule has 1 unspecified atom stereocenters. The molecular weight excluding hydrogens is 304 g/mol. The van der Waals surface area contributed by atoms with E-state index in [2.05, 4.69) is 43.0 Å². The number of nitrogens with zero attached hydrogens (tertiary/aromatic N) is 2. The fourth-order valence-corrected chi connectivity index (χ4v) is 2.36. The number of halogens is 1. The van der Waals surface area contributed by atoms with Crippen LogP contribution in [0, 0.1) is 0 Å². The van der Waals surface area contributed by atoms with Crippen molar-refractivity contribution >= 4 is 27.1 Å². The van der Waals surface area contributed by atoms with E-state index >= 15 is 0 Å². The maximum Gasteiger partial charge on any atom is 0.177 e. The lowest BCUT2D eigenvalue weighted by atomic mass is 10.1. The summed E-state index contributed by atoms with van der Waals surface area (Å²) in [6, 6.07) is 12.0. The zero-order valence-corrected chi connectivity index (χ0v) is 11.8. The SMILES string of the molecule is NC(Cc1ccccc1)c1nc2ncc(Br)cc2[nH]1. The topological polar surface area (TPSA) is 67.6 Å². The van der Waals surface area contributed by atoms with Gasteiger partial charge in [-0.25, -0.2) is 9.97 Å². The molecule has 0 aliphatic heterocycles. The van der Waals surface area contributed by atoms with Crippen molar-refractivity contribution in [2.24, 2.45) is 5.73 Å². The molecule has 0 saturated carbocycles. The summed E-state index contributed by atoms with van der Waals surface area (Å²) in [5.41, 5.74) is 8.99. The molecule has 0 aliphatic carbocycles. The highest BCUT2D eigenvalue weighted by Crippen LogP contribution is 2.19. The van der Waals surface area contributed by atoms with Crippen molar-refractivity contribution in [3.8, 4) is 0 Å². The molecule has 1 atom stereocenters. The summed E-state index contributed by atoms with van der Waals surface area (Å²) in [6.45, 7) is 0. The van der Waals surface area contributed by atoms with E-state index in [1.54, 1.807) is 6.20 Å². The Morgan fingerprint density at radius 3 is 2.84 bits per heavy atom. The van der Waals surface area contributed by atoms with Gasteiger partial charge < -0.3 is 10.7 Å². The molecule has 0 radical (unpaired) electrons. The van der Waals surface area contributed by atoms with Crippen LogP contribution in [0.15, 0.2) is 47.1 Å². The molecule has 0 bridgehead atoms. The summed E-state index contributed by atoms with van der Waals surface area (Å²) in [5.74, 6) is 0.768. The van der Waals surface area contributed by atoms with Gasteiger partial charge in [-0.05, 0) is 34.0 Å². The first-order valence-electron chi connectivity index (χ1n) is 6.03. The number of aromatic nitrogens is 3. The lowest BCUT2D eigenvalue weighted by Gasteiger charge is -2.08. The Kier molecular flexibility index (Phi) is 3.31. The molecule has 0 fully saturated rings. The smallest absolute Gasteiger partial charge is 0.177 e. The minimum Gasteiger partial charge on any atom is -0.339 e. The van der Waals surface area contributed by atoms with Gasteiger partial charge in [0.15, 0.2) is 5.65 Å². The molecule has 4 nitrogen and oxygen atoms in total. The van der Waals surface area contributed by atoms with E-state index in [-0.39, 0.29) is 6.04 Å². The van der Waals surface area contributed by atoms with Crippen molar-refractivity contribution in [3.05, 3.63) is 58.5 Å². The molecule has 1 aromatic carbocycles. The quantitative estimate of drug-likeness (QED) is 0.780. The van der Waals surface area contributed by atoms with Gasteiger partial charge in [-0.15, -0.1) is 0 Å². The Bertz CT molecular complexity index is 693. The van der Waals surface area contributed by atoms with Crippen molar-refractivity contribution in [2.75, 3.05) is 0 Å². The van der Waals surface area contributed by atoms with Gasteiger partial charge in [0.05, 0.1) is 11.6 Å². The number of imidazole rings is 1. The number of fused-ring (bicyclic) bond motifs is 1. The molecule has 0 aliphatic rings. The molecule has 2 aromatic heterocycles. The minimum absolute atomic E-state index is 0.157. The van der Waals surface area contributed by atoms with E-state index in [1.165, 1.54) is 5.56 Å². The summed E-state index contributed by atoms with van der Waals surface area (Å²) in [7, 11) is 0. The Morgan fingerprint density at radius 2 is 2.05 bits per heavy atom. The van der Waals surface area contributed by atoms with Gasteiger partial charge in [0, 0.05) is 10.7 Å². The molecule has 0 amide bonds. The molecule has 0 saturated heterocycles. The molecule has 5 heteroatoms. The van der Waals surface area contributed by atoms with Gasteiger partial charge in [0.1, 0.15) is 5.82 Å². The fraction of sp³-hybridized carbons (Fsp3) is 0.143. The lowest BCUT2D eigenvalue weighted by Crippen LogP contribution is -2.14. The molecule has 2 heterocycles. The van der Waals surface area contributed by atoms with Crippen molar-refractivity contribution in [3.63, 3.8) is 0 Å². The third-order valence-corrected chi connectivity index (χ3v) is 3.41. The van der Waals surface area contributed by atoms with Crippen LogP contribution in [-0.4, -0.2) is 15.0 Å². The first-order chi connectivity index (χ1) is 9.22. The highest BCUT2D eigenvalue weighted by Gasteiger charge is 2.12. The van der Waals surface area contributed by atoms with Crippen molar-refractivity contribution in [1.82, 2.24) is 15.0 Å². The summed E-state index contributed by atoms with van der Waals surface area (Å²) >= 11 is 3.39. The molecule has 0 spiro atoms. The van der Waals surface area contributed by atoms with Crippen LogP contribution in [0.2, 0.25) is 0 Å². The third-order valence-electron chi connectivity index (χ3n) is 2.97. The average Bonchev–Trinajstić information content (AvgIpc) is 2.83. The maximum atomic E-state index is 6.20. The Labute approximate surface area is 119 Å². The number of H-pyrrole nitrogens is 1. The molecular formula is C14H13BrN4. The first-order valence-corrected chi connectivity index (χ1v) is 6.82. The molecule has 96 valence electrons. The number of pyridine rings is 1. The second-order valence-electron chi connectivity index (χ2n) is 4.44. The average molecular weight is 317 g/mol. The van der Waals surface area contributed by atoms with Gasteiger partial charge in [-0.3, -0.25) is 0 Å². The number of benzene rings is 1. The van der Waals surface area contributed by atoms with Crippen LogP contribution in [0.5, 0.6) is 0 Å². The molecule has 19 heavy (non-hydrogen) atoms. The second kappa shape index (κ2) is 5.11. The van der Waals surface area contributed by atoms with E-state index in [0.717, 1.165) is 22.2 Å². The largest absolute Gasteiger partial charge is 0.339 e. The highest BCUT2D eigenvalue weighted by atomic mass is 79.9. The number of rotatable bonds is 3. The van der Waals surface area contributed by atoms with Gasteiger partial charge >= 0.3 is 0 Å². The van der Waals surface area contributed by atoms with Gasteiger partial charge in [0.2, 0.25) is 0 Å². The standard InChI is InChI=1S/C14H13BrN4/c15-10-7-12-14(17-8-10)19-13(18-12)11(16)6-9-4-2-1-3-5-9/h1-5,7-8,11H,6,16H2,(H,17,18,19). The third kappa shape index (κ3) is 2.67. The summed E-state index contributed by atoms with van der Waals surface area (Å²) in [5, 5.41) is 0. The lowest BCUT2D eigenvalue weighted by molar-refractivity contribution is 0.680. The van der Waals surface area contributed by atoms with Gasteiger partial charge in [-0.1, -0.05) is 30.3 Å². The van der Waals surface area contributed by atoms with E-state index in [4.69, 9.17) is 5.73 Å². The van der Waals surface area contributed by atoms with Crippen molar-refractivity contribution in [2.45, 2.75) is 12.5 Å². The number of hydrogen-bond acceptors (Lipinski definition) is 3. The van der Waals surface area contributed by atoms with Crippen LogP contribution < -0.4 is 5.73 Å². The molecule has 3 rings (SSSR count). The van der Waals surface area contributed by atoms with Gasteiger partial charge in [0.25, 0.3) is 0 Å². The van der Waals surface area contributed by atoms with E-state index in [1.807, 2.05) is 24.3 Å². The second-order valence-corrected chi connectivity index (χ2v) is 5.36. The number of nitrogens with one attached hydrogen (secondary N) is 1. The summed E-state index contributed by atoms with van der Waals surface area (Å²) < 4.78 is 0.923. The van der Waals surface area contributed by atoms with Crippen LogP contribution >= 0.6 is 15.9 Å². The predicted octanol–water partition coefficient (Wildman–Crippen LogP) is 2.96. The van der Waals surface area contributed by atoms with Crippen LogP contribution in [0.3, 0.4) is 0 Å². The van der Waals surface area contributed by atoms with Crippen LogP contribution in [0.25, 0.3) is 11.2 Å². The predicted molar refractivity (Wildman–Crippen MR) is 78.7 cm³/mol. The van der Waals surface area contributed by atoms with Crippen molar-refractivity contribution in [1.29, 1.82) is 0 Å². The van der Waals surface area contributed by atoms with Crippen LogP contribution in [0.1, 0.15) is 17.4 Å². The summed E-state index contributed by atoms with van der Waals surface area (Å²) in [4.78, 5) is 11.9. The maximum absolute atomic E-state index is 6.20. The zero-order valence-electron chi connectivity index (χ0n) is 10.2. The first kappa shape index (κ1) is 12.3. The number of hydrogen-bond donors (Lipinski definition) is 2. The zero-order chi connectivity index (χ0) is 13.2. The normalized spacial score (nSPS) is 12.7.